The fourth-order valence-electron chi connectivity index (χ4n) is 6.10. The molecule has 30 nitrogen and oxygen atoms in total. The Bertz CT molecular complexity index is 4010. The van der Waals surface area contributed by atoms with Crippen molar-refractivity contribution in [2.75, 3.05) is 42.7 Å². The predicted molar refractivity (Wildman–Crippen MR) is 351 cm³/mol. The van der Waals surface area contributed by atoms with E-state index in [1.807, 2.05) is 48.5 Å². The number of esters is 4. The molecule has 0 radical (unpaired) electrons. The van der Waals surface area contributed by atoms with E-state index in [-0.39, 0.29) is 70.9 Å². The number of hydrogen-bond donors (Lipinski definition) is 1. The Labute approximate surface area is 573 Å². The Morgan fingerprint density at radius 2 is 0.802 bits per heavy atom. The van der Waals surface area contributed by atoms with Gasteiger partial charge in [0.15, 0.2) is 33.6 Å². The van der Waals surface area contributed by atoms with E-state index in [1.165, 1.54) is 64.8 Å². The van der Waals surface area contributed by atoms with Gasteiger partial charge in [-0.1, -0.05) is 98.9 Å². The number of terminal acetylenes is 2. The van der Waals surface area contributed by atoms with Crippen LogP contribution in [0.2, 0.25) is 44.4 Å². The molecule has 498 valence electrons. The number of aromatic carboxylic acids is 1. The molecule has 0 saturated carbocycles. The van der Waals surface area contributed by atoms with Crippen LogP contribution in [0.4, 0.5) is 0 Å². The van der Waals surface area contributed by atoms with Crippen molar-refractivity contribution in [2.24, 2.45) is 0 Å². The molecule has 0 spiro atoms. The standard InChI is InChI=1S/C16H15N5O3.C15H13N5O3.C11H14N2O2Si.C8H6N2O2.C6H5ClN2O2.C5H10Si.CH4.Li.2H2O/c1-23-12-5-3-11(4-6-12)9-21-10-15(19-20-21)13-7-8-14(18-17-13)16(22)24-2;1-23-11-4-2-10(3-5-11)8-20-9-14(18-19-20)12-6-7-13(15(21)22)17-16-12;1-15-11(14)10-6-5-9(12-13-10)7-8-16(2,3)4;1-3-6-4-5-7(10-9-6)8(11)12-2;1-11-6(10)4-2-3-5(7)9-8-4;1-5-6(2,3)4;;;;/h3-8,10H,9H2,1-2H3;2-7,9H,8H2,1H3,(H,21,22);5-6H,1-4H3;1,4-5H,2H3;2-3H,1H3;1H,2-4H3;1H4;;2*1H2/q;;;;;;;+1;;/p-2. The fraction of sp³-hybridized carbons (Fsp3) is 0.242. The molecule has 0 unspecified atom stereocenters. The molecule has 0 atom stereocenters. The van der Waals surface area contributed by atoms with Gasteiger partial charge in [-0.15, -0.1) is 85.1 Å². The van der Waals surface area contributed by atoms with E-state index in [2.05, 4.69) is 153 Å². The van der Waals surface area contributed by atoms with Crippen LogP contribution in [-0.2, 0) is 32.0 Å². The maximum atomic E-state index is 11.3. The van der Waals surface area contributed by atoms with E-state index in [4.69, 9.17) is 39.0 Å². The summed E-state index contributed by atoms with van der Waals surface area (Å²) < 4.78 is 31.5. The van der Waals surface area contributed by atoms with Crippen LogP contribution >= 0.6 is 11.6 Å². The second-order valence-corrected chi connectivity index (χ2v) is 30.0. The van der Waals surface area contributed by atoms with E-state index < -0.39 is 46.0 Å². The maximum absolute atomic E-state index is 11.3. The predicted octanol–water partition coefficient (Wildman–Crippen LogP) is 4.51. The van der Waals surface area contributed by atoms with Crippen molar-refractivity contribution in [3.05, 3.63) is 178 Å². The molecule has 34 heteroatoms. The van der Waals surface area contributed by atoms with Gasteiger partial charge in [0, 0.05) is 0 Å². The number of carboxylic acid groups (broad SMARTS) is 1. The van der Waals surface area contributed by atoms with Crippen molar-refractivity contribution in [2.45, 2.75) is 59.8 Å². The van der Waals surface area contributed by atoms with Gasteiger partial charge in [-0.3, -0.25) is 0 Å². The summed E-state index contributed by atoms with van der Waals surface area (Å²) in [6.45, 7) is 14.0. The van der Waals surface area contributed by atoms with Gasteiger partial charge in [0.1, 0.15) is 61.8 Å². The fourth-order valence-corrected chi connectivity index (χ4v) is 6.71. The molecule has 0 aliphatic rings. The summed E-state index contributed by atoms with van der Waals surface area (Å²) in [5, 5.41) is 62.2. The van der Waals surface area contributed by atoms with Crippen LogP contribution in [0.3, 0.4) is 0 Å². The van der Waals surface area contributed by atoms with Crippen LogP contribution < -0.4 is 28.3 Å². The molecule has 0 aliphatic carbocycles. The molecule has 7 heterocycles. The van der Waals surface area contributed by atoms with Gasteiger partial charge in [0.05, 0.1) is 68.1 Å². The number of methoxy groups -OCH3 is 6. The topological polar surface area (TPSA) is 411 Å². The van der Waals surface area contributed by atoms with Crippen LogP contribution in [0.15, 0.2) is 122 Å². The number of aromatic nitrogens is 16. The third-order valence-corrected chi connectivity index (χ3v) is 12.8. The molecule has 0 amide bonds. The monoisotopic (exact) mass is 1360 g/mol. The van der Waals surface area contributed by atoms with Crippen molar-refractivity contribution < 1.29 is 87.3 Å². The smallest absolute Gasteiger partial charge is 0.870 e. The number of benzene rings is 2. The second kappa shape index (κ2) is 43.0. The van der Waals surface area contributed by atoms with Gasteiger partial charge in [-0.05, 0) is 102 Å². The van der Waals surface area contributed by atoms with E-state index >= 15 is 0 Å². The zero-order valence-electron chi connectivity index (χ0n) is 54.0. The molecule has 9 rings (SSSR count). The Morgan fingerprint density at radius 1 is 0.458 bits per heavy atom. The minimum atomic E-state index is -1.40. The molecule has 7 aromatic heterocycles. The largest absolute Gasteiger partial charge is 1.00 e. The van der Waals surface area contributed by atoms with Crippen LogP contribution in [-0.4, -0.2) is 186 Å². The number of rotatable bonds is 13. The Balaban J connectivity index is 0.00000117. The van der Waals surface area contributed by atoms with E-state index in [0.717, 1.165) is 22.6 Å². The van der Waals surface area contributed by atoms with E-state index in [0.29, 0.717) is 47.3 Å². The Morgan fingerprint density at radius 3 is 1.08 bits per heavy atom. The number of carbonyl (C=O) groups excluding carboxylic acids is 4. The van der Waals surface area contributed by atoms with Crippen LogP contribution in [0.1, 0.15) is 82.4 Å². The van der Waals surface area contributed by atoms with Gasteiger partial charge in [-0.25, -0.2) is 33.3 Å². The molecule has 9 aromatic rings. The number of carbonyl (C=O) groups is 5. The van der Waals surface area contributed by atoms with Gasteiger partial charge < -0.3 is 44.5 Å². The molecular formula is C62H69ClLiN16O14Si2-. The summed E-state index contributed by atoms with van der Waals surface area (Å²) in [5.41, 5.74) is 11.6. The molecule has 0 bridgehead atoms. The summed E-state index contributed by atoms with van der Waals surface area (Å²) in [4.78, 5) is 54.8. The third kappa shape index (κ3) is 30.2. The van der Waals surface area contributed by atoms with Gasteiger partial charge >= 0.3 is 48.7 Å². The van der Waals surface area contributed by atoms with Crippen molar-refractivity contribution in [3.63, 3.8) is 0 Å². The summed E-state index contributed by atoms with van der Waals surface area (Å²) in [6.07, 6.45) is 13.7. The van der Waals surface area contributed by atoms with Crippen molar-refractivity contribution in [1.29, 1.82) is 0 Å². The zero-order valence-corrected chi connectivity index (χ0v) is 56.7. The number of carboxylic acids is 1. The normalized spacial score (nSPS) is 9.61. The maximum Gasteiger partial charge on any atom is 1.00 e. The number of hydrogen-bond acceptors (Lipinski definition) is 27. The molecule has 96 heavy (non-hydrogen) atoms. The molecular weight excluding hydrogens is 1290 g/mol. The van der Waals surface area contributed by atoms with E-state index in [9.17, 15) is 24.0 Å². The third-order valence-electron chi connectivity index (χ3n) is 10.8. The Kier molecular flexibility index (Phi) is 38.1. The first-order valence-electron chi connectivity index (χ1n) is 26.8. The van der Waals surface area contributed by atoms with Crippen molar-refractivity contribution in [1.82, 2.24) is 81.0 Å². The van der Waals surface area contributed by atoms with Crippen molar-refractivity contribution in [3.8, 4) is 70.0 Å². The minimum absolute atomic E-state index is 0. The van der Waals surface area contributed by atoms with Gasteiger partial charge in [-0.2, -0.15) is 0 Å². The van der Waals surface area contributed by atoms with Gasteiger partial charge in [0.25, 0.3) is 0 Å². The summed E-state index contributed by atoms with van der Waals surface area (Å²) in [5.74, 6) is 3.66. The average Bonchev–Trinajstić information content (AvgIpc) is 1.76. The van der Waals surface area contributed by atoms with Crippen LogP contribution in [0.5, 0.6) is 11.5 Å². The van der Waals surface area contributed by atoms with Crippen molar-refractivity contribution >= 4 is 57.6 Å². The first-order valence-corrected chi connectivity index (χ1v) is 34.2. The quantitative estimate of drug-likeness (QED) is 0.0718. The summed E-state index contributed by atoms with van der Waals surface area (Å²) >= 11 is 5.43. The zero-order chi connectivity index (χ0) is 67.8. The molecule has 0 aliphatic heterocycles. The van der Waals surface area contributed by atoms with Crippen LogP contribution in [0.25, 0.3) is 22.8 Å². The summed E-state index contributed by atoms with van der Waals surface area (Å²) in [6, 6.07) is 30.6. The minimum Gasteiger partial charge on any atom is -0.870 e. The SMILES string of the molecule is C.C#C[Si](C)(C)C.C#Cc1ccc(C(=O)OC)nn1.COC(=O)c1ccc(-c2cn(Cc3ccc(OC)cc3)nn2)nn1.COC(=O)c1ccc(C#C[Si](C)(C)C)nn1.COC(=O)c1ccc(Cl)nn1.COc1ccc(Cn2cc(-c3ccc(C(=O)O)nn3)nn2)cc1.[Li+].[OH-].[OH-]. The number of halogens is 1. The molecule has 0 fully saturated rings. The molecule has 0 saturated heterocycles. The first kappa shape index (κ1) is 85.0. The Hall–Kier alpha value is -11.0. The van der Waals surface area contributed by atoms with E-state index in [1.54, 1.807) is 60.2 Å². The number of nitrogens with zero attached hydrogens (tertiary/aromatic N) is 16. The second-order valence-electron chi connectivity index (χ2n) is 20.1. The molecule has 2 aromatic carbocycles. The summed E-state index contributed by atoms with van der Waals surface area (Å²) in [7, 11) is 5.90. The average molecular weight is 1360 g/mol. The van der Waals surface area contributed by atoms with Crippen LogP contribution in [0, 0.1) is 35.8 Å². The first-order chi connectivity index (χ1) is 43.8. The molecule has 3 N–H and O–H groups in total. The van der Waals surface area contributed by atoms with Gasteiger partial charge in [0.2, 0.25) is 0 Å². The number of ether oxygens (including phenoxy) is 6.